The Morgan fingerprint density at radius 3 is 2.69 bits per heavy atom. The number of aliphatic carboxylic acids is 1. The second-order valence-electron chi connectivity index (χ2n) is 8.37. The molecule has 1 amide bonds. The molecule has 9 nitrogen and oxygen atoms in total. The predicted octanol–water partition coefficient (Wildman–Crippen LogP) is 4.84. The summed E-state index contributed by atoms with van der Waals surface area (Å²) in [6.45, 7) is 3.38. The van der Waals surface area contributed by atoms with Crippen molar-refractivity contribution in [3.8, 4) is 11.8 Å². The molecule has 2 N–H and O–H groups in total. The SMILES string of the molecule is Cc1noc(C#CC2=NC3=NC(C4(C(=O)O)CC4)=CC3=C2)c1NC(=O)OC(C)c1ccccc1Cl. The topological polar surface area (TPSA) is 126 Å². The molecule has 35 heavy (non-hydrogen) atoms. The van der Waals surface area contributed by atoms with Crippen molar-refractivity contribution in [3.05, 3.63) is 69.7 Å². The lowest BCUT2D eigenvalue weighted by Gasteiger charge is -2.15. The van der Waals surface area contributed by atoms with Gasteiger partial charge >= 0.3 is 12.1 Å². The van der Waals surface area contributed by atoms with E-state index in [0.717, 1.165) is 5.57 Å². The maximum atomic E-state index is 12.5. The van der Waals surface area contributed by atoms with Gasteiger partial charge in [0.05, 0.1) is 5.70 Å². The molecule has 3 aliphatic rings. The summed E-state index contributed by atoms with van der Waals surface area (Å²) in [4.78, 5) is 32.7. The van der Waals surface area contributed by atoms with Gasteiger partial charge < -0.3 is 14.4 Å². The minimum Gasteiger partial charge on any atom is -0.481 e. The van der Waals surface area contributed by atoms with Crippen LogP contribution < -0.4 is 5.32 Å². The molecule has 1 aromatic heterocycles. The lowest BCUT2D eigenvalue weighted by atomic mass is 10.0. The van der Waals surface area contributed by atoms with Gasteiger partial charge in [0.15, 0.2) is 5.84 Å². The zero-order valence-corrected chi connectivity index (χ0v) is 19.5. The number of aromatic nitrogens is 1. The minimum absolute atomic E-state index is 0.143. The number of hydrogen-bond donors (Lipinski definition) is 2. The van der Waals surface area contributed by atoms with Crippen molar-refractivity contribution in [2.24, 2.45) is 15.4 Å². The van der Waals surface area contributed by atoms with Crippen LogP contribution in [-0.4, -0.2) is 33.9 Å². The zero-order chi connectivity index (χ0) is 24.7. The average Bonchev–Trinajstić information content (AvgIpc) is 3.25. The number of hydrogen-bond acceptors (Lipinski definition) is 7. The Morgan fingerprint density at radius 1 is 1.23 bits per heavy atom. The van der Waals surface area contributed by atoms with Gasteiger partial charge in [-0.2, -0.15) is 0 Å². The normalized spacial score (nSPS) is 17.7. The Kier molecular flexibility index (Phi) is 5.53. The molecular formula is C25H19ClN4O5. The highest BCUT2D eigenvalue weighted by atomic mass is 35.5. The largest absolute Gasteiger partial charge is 0.481 e. The summed E-state index contributed by atoms with van der Waals surface area (Å²) < 4.78 is 10.7. The maximum absolute atomic E-state index is 12.5. The van der Waals surface area contributed by atoms with Crippen LogP contribution in [0.3, 0.4) is 0 Å². The number of amidine groups is 1. The standard InChI is InChI=1S/C25H19ClN4O5/c1-13-21(29-24(33)34-14(2)17-5-3-4-6-18(17)26)19(35-30-13)8-7-16-11-15-12-20(28-22(15)27-16)25(9-10-25)23(31)32/h3-6,11-12,14H,9-10H2,1-2H3,(H,29,33)(H,31,32). The van der Waals surface area contributed by atoms with Gasteiger partial charge in [-0.25, -0.2) is 14.8 Å². The Labute approximate surface area is 205 Å². The number of ether oxygens (including phenoxy) is 1. The van der Waals surface area contributed by atoms with Gasteiger partial charge in [0.1, 0.15) is 28.6 Å². The molecular weight excluding hydrogens is 472 g/mol. The minimum atomic E-state index is -0.880. The molecule has 0 saturated heterocycles. The third-order valence-corrected chi connectivity index (χ3v) is 6.31. The first-order valence-electron chi connectivity index (χ1n) is 10.8. The molecule has 0 radical (unpaired) electrons. The fourth-order valence-electron chi connectivity index (χ4n) is 3.81. The Hall–Kier alpha value is -4.16. The van der Waals surface area contributed by atoms with Gasteiger partial charge in [-0.3, -0.25) is 10.1 Å². The van der Waals surface area contributed by atoms with E-state index in [-0.39, 0.29) is 11.4 Å². The van der Waals surface area contributed by atoms with E-state index in [1.807, 2.05) is 6.07 Å². The molecule has 2 aromatic rings. The number of aliphatic imine (C=N–C) groups is 2. The Bertz CT molecular complexity index is 1450. The highest BCUT2D eigenvalue weighted by molar-refractivity contribution is 6.31. The second kappa shape index (κ2) is 8.56. The highest BCUT2D eigenvalue weighted by Gasteiger charge is 2.55. The first kappa shape index (κ1) is 22.6. The van der Waals surface area contributed by atoms with Crippen molar-refractivity contribution in [3.63, 3.8) is 0 Å². The summed E-state index contributed by atoms with van der Waals surface area (Å²) in [5, 5.41) is 16.4. The van der Waals surface area contributed by atoms with E-state index in [4.69, 9.17) is 20.9 Å². The first-order valence-corrected chi connectivity index (χ1v) is 11.2. The Morgan fingerprint density at radius 2 is 2.00 bits per heavy atom. The molecule has 1 unspecified atom stereocenters. The number of benzene rings is 1. The van der Waals surface area contributed by atoms with E-state index in [9.17, 15) is 14.7 Å². The molecule has 3 heterocycles. The number of anilines is 1. The maximum Gasteiger partial charge on any atom is 0.412 e. The fourth-order valence-corrected chi connectivity index (χ4v) is 4.10. The summed E-state index contributed by atoms with van der Waals surface area (Å²) in [5.41, 5.74) is 2.21. The molecule has 0 bridgehead atoms. The number of rotatable bonds is 5. The molecule has 10 heteroatoms. The molecule has 1 aliphatic carbocycles. The van der Waals surface area contributed by atoms with Crippen LogP contribution >= 0.6 is 11.6 Å². The van der Waals surface area contributed by atoms with E-state index >= 15 is 0 Å². The molecule has 5 rings (SSSR count). The van der Waals surface area contributed by atoms with Crippen molar-refractivity contribution in [1.82, 2.24) is 5.16 Å². The van der Waals surface area contributed by atoms with Crippen LogP contribution in [0.1, 0.15) is 42.9 Å². The van der Waals surface area contributed by atoms with Gasteiger partial charge in [-0.05, 0) is 56.7 Å². The van der Waals surface area contributed by atoms with Crippen LogP contribution in [0.2, 0.25) is 5.02 Å². The molecule has 1 atom stereocenters. The number of nitrogens with one attached hydrogen (secondary N) is 1. The third-order valence-electron chi connectivity index (χ3n) is 5.97. The van der Waals surface area contributed by atoms with E-state index in [1.54, 1.807) is 44.2 Å². The Balaban J connectivity index is 1.27. The van der Waals surface area contributed by atoms with Crippen molar-refractivity contribution in [1.29, 1.82) is 0 Å². The first-order chi connectivity index (χ1) is 16.8. The van der Waals surface area contributed by atoms with Crippen LogP contribution in [-0.2, 0) is 9.53 Å². The smallest absolute Gasteiger partial charge is 0.412 e. The number of amides is 1. The summed E-state index contributed by atoms with van der Waals surface area (Å²) in [6, 6.07) is 7.11. The summed E-state index contributed by atoms with van der Waals surface area (Å²) in [7, 11) is 0. The number of carboxylic acid groups (broad SMARTS) is 1. The number of carbonyl (C=O) groups excluding carboxylic acids is 1. The van der Waals surface area contributed by atoms with Gasteiger partial charge in [-0.1, -0.05) is 35.0 Å². The number of halogens is 1. The van der Waals surface area contributed by atoms with Crippen molar-refractivity contribution < 1.29 is 24.0 Å². The highest BCUT2D eigenvalue weighted by Crippen LogP contribution is 2.54. The third kappa shape index (κ3) is 4.24. The van der Waals surface area contributed by atoms with Crippen molar-refractivity contribution in [2.45, 2.75) is 32.8 Å². The number of nitrogens with zero attached hydrogens (tertiary/aromatic N) is 3. The van der Waals surface area contributed by atoms with Crippen LogP contribution in [0.25, 0.3) is 0 Å². The predicted molar refractivity (Wildman–Crippen MR) is 128 cm³/mol. The molecule has 1 aromatic carbocycles. The van der Waals surface area contributed by atoms with Crippen molar-refractivity contribution in [2.75, 3.05) is 5.32 Å². The molecule has 176 valence electrons. The van der Waals surface area contributed by atoms with E-state index in [0.29, 0.717) is 46.4 Å². The van der Waals surface area contributed by atoms with Gasteiger partial charge in [0.2, 0.25) is 5.76 Å². The molecule has 0 spiro atoms. The van der Waals surface area contributed by atoms with Gasteiger partial charge in [-0.15, -0.1) is 0 Å². The average molecular weight is 491 g/mol. The summed E-state index contributed by atoms with van der Waals surface area (Å²) in [5.74, 6) is 5.42. The van der Waals surface area contributed by atoms with Gasteiger partial charge in [0, 0.05) is 16.2 Å². The van der Waals surface area contributed by atoms with Crippen LogP contribution in [0.5, 0.6) is 0 Å². The summed E-state index contributed by atoms with van der Waals surface area (Å²) in [6.07, 6.45) is 3.35. The van der Waals surface area contributed by atoms with E-state index in [1.165, 1.54) is 0 Å². The van der Waals surface area contributed by atoms with Crippen LogP contribution in [0.15, 0.2) is 62.2 Å². The number of allylic oxidation sites excluding steroid dienone is 1. The monoisotopic (exact) mass is 490 g/mol. The molecule has 2 aliphatic heterocycles. The lowest BCUT2D eigenvalue weighted by molar-refractivity contribution is -0.141. The fraction of sp³-hybridized carbons (Fsp3) is 0.240. The van der Waals surface area contributed by atoms with E-state index < -0.39 is 23.6 Å². The number of fused-ring (bicyclic) bond motifs is 1. The van der Waals surface area contributed by atoms with Gasteiger partial charge in [0.25, 0.3) is 0 Å². The van der Waals surface area contributed by atoms with E-state index in [2.05, 4.69) is 32.3 Å². The zero-order valence-electron chi connectivity index (χ0n) is 18.8. The number of aryl methyl sites for hydroxylation is 1. The molecule has 1 saturated carbocycles. The van der Waals surface area contributed by atoms with Crippen LogP contribution in [0.4, 0.5) is 10.5 Å². The number of carboxylic acids is 1. The lowest BCUT2D eigenvalue weighted by Crippen LogP contribution is -2.17. The van der Waals surface area contributed by atoms with Crippen molar-refractivity contribution >= 4 is 40.9 Å². The second-order valence-corrected chi connectivity index (χ2v) is 8.77. The quantitative estimate of drug-likeness (QED) is 0.577. The van der Waals surface area contributed by atoms with Crippen LogP contribution in [0, 0.1) is 24.2 Å². The number of carbonyl (C=O) groups is 2. The summed E-state index contributed by atoms with van der Waals surface area (Å²) >= 11 is 6.17. The molecule has 1 fully saturated rings.